The third kappa shape index (κ3) is 3.37. The van der Waals surface area contributed by atoms with Crippen molar-refractivity contribution < 1.29 is 19.4 Å². The van der Waals surface area contributed by atoms with Gasteiger partial charge >= 0.3 is 5.97 Å². The molecule has 2 atom stereocenters. The van der Waals surface area contributed by atoms with Gasteiger partial charge in [-0.3, -0.25) is 14.7 Å². The molecule has 138 valence electrons. The number of aromatic nitrogens is 1. The number of rotatable bonds is 6. The summed E-state index contributed by atoms with van der Waals surface area (Å²) in [7, 11) is 3.24. The van der Waals surface area contributed by atoms with Gasteiger partial charge in [0.2, 0.25) is 0 Å². The van der Waals surface area contributed by atoms with E-state index in [2.05, 4.69) is 4.98 Å². The van der Waals surface area contributed by atoms with Crippen molar-refractivity contribution in [3.8, 4) is 11.5 Å². The van der Waals surface area contributed by atoms with Gasteiger partial charge in [-0.25, -0.2) is 0 Å². The Morgan fingerprint density at radius 1 is 1.27 bits per heavy atom. The molecule has 1 aliphatic heterocycles. The molecule has 1 aromatic heterocycles. The fraction of sp³-hybridized carbons (Fsp3) is 0.400. The number of carboxylic acid groups (broad SMARTS) is 1. The topological polar surface area (TPSA) is 71.9 Å². The zero-order chi connectivity index (χ0) is 18.7. The number of ether oxygens (including phenoxy) is 2. The van der Waals surface area contributed by atoms with Crippen molar-refractivity contribution in [2.75, 3.05) is 20.8 Å². The first-order chi connectivity index (χ1) is 12.6. The molecule has 6 nitrogen and oxygen atoms in total. The van der Waals surface area contributed by atoms with Gasteiger partial charge in [-0.05, 0) is 55.2 Å². The predicted molar refractivity (Wildman–Crippen MR) is 97.7 cm³/mol. The third-order valence-corrected chi connectivity index (χ3v) is 5.00. The Kier molecular flexibility index (Phi) is 5.42. The van der Waals surface area contributed by atoms with Crippen LogP contribution >= 0.6 is 0 Å². The highest BCUT2D eigenvalue weighted by molar-refractivity contribution is 5.74. The zero-order valence-corrected chi connectivity index (χ0v) is 15.3. The summed E-state index contributed by atoms with van der Waals surface area (Å²) in [6.45, 7) is 2.71. The number of aliphatic carboxylic acids is 1. The molecule has 2 aromatic rings. The first kappa shape index (κ1) is 18.2. The highest BCUT2D eigenvalue weighted by Crippen LogP contribution is 2.41. The molecule has 0 amide bonds. The second-order valence-electron chi connectivity index (χ2n) is 6.48. The number of pyridine rings is 1. The Bertz CT molecular complexity index is 793. The number of nitrogens with zero attached hydrogens (tertiary/aromatic N) is 2. The quantitative estimate of drug-likeness (QED) is 0.858. The standard InChI is InChI=1S/C20H24N2O4/c1-13-12-21-9-8-15(13)19(22-10-4-5-17(22)20(23)24)16-11-14(25-2)6-7-18(16)26-3/h6-9,11-12,17,19H,4-5,10H2,1-3H3,(H,23,24). The second-order valence-corrected chi connectivity index (χ2v) is 6.48. The number of methoxy groups -OCH3 is 2. The van der Waals surface area contributed by atoms with Gasteiger partial charge in [0, 0.05) is 24.5 Å². The summed E-state index contributed by atoms with van der Waals surface area (Å²) in [5, 5.41) is 9.71. The van der Waals surface area contributed by atoms with E-state index in [9.17, 15) is 9.90 Å². The first-order valence-electron chi connectivity index (χ1n) is 8.67. The second kappa shape index (κ2) is 7.74. The molecule has 1 aliphatic rings. The fourth-order valence-electron chi connectivity index (χ4n) is 3.73. The van der Waals surface area contributed by atoms with E-state index in [0.29, 0.717) is 24.5 Å². The highest BCUT2D eigenvalue weighted by Gasteiger charge is 2.38. The maximum absolute atomic E-state index is 11.8. The molecule has 0 bridgehead atoms. The number of benzene rings is 1. The summed E-state index contributed by atoms with van der Waals surface area (Å²) in [6.07, 6.45) is 5.04. The summed E-state index contributed by atoms with van der Waals surface area (Å²) in [4.78, 5) is 18.1. The van der Waals surface area contributed by atoms with Crippen molar-refractivity contribution in [1.29, 1.82) is 0 Å². The molecule has 0 spiro atoms. The van der Waals surface area contributed by atoms with Crippen molar-refractivity contribution in [3.05, 3.63) is 53.3 Å². The van der Waals surface area contributed by atoms with E-state index in [4.69, 9.17) is 9.47 Å². The SMILES string of the molecule is COc1ccc(OC)c(C(c2ccncc2C)N2CCCC2C(=O)O)c1. The predicted octanol–water partition coefficient (Wildman–Crippen LogP) is 3.05. The van der Waals surface area contributed by atoms with Crippen molar-refractivity contribution in [2.45, 2.75) is 31.8 Å². The maximum atomic E-state index is 11.8. The Labute approximate surface area is 153 Å². The minimum absolute atomic E-state index is 0.244. The fourth-order valence-corrected chi connectivity index (χ4v) is 3.73. The molecule has 6 heteroatoms. The molecule has 3 rings (SSSR count). The van der Waals surface area contributed by atoms with Crippen LogP contribution < -0.4 is 9.47 Å². The monoisotopic (exact) mass is 356 g/mol. The maximum Gasteiger partial charge on any atom is 0.320 e. The summed E-state index contributed by atoms with van der Waals surface area (Å²) in [5.41, 5.74) is 2.94. The zero-order valence-electron chi connectivity index (χ0n) is 15.3. The molecule has 26 heavy (non-hydrogen) atoms. The van der Waals surface area contributed by atoms with Gasteiger partial charge < -0.3 is 14.6 Å². The van der Waals surface area contributed by atoms with Crippen LogP contribution in [-0.4, -0.2) is 47.8 Å². The Morgan fingerprint density at radius 2 is 2.08 bits per heavy atom. The lowest BCUT2D eigenvalue weighted by molar-refractivity contribution is -0.142. The van der Waals surface area contributed by atoms with Crippen LogP contribution in [0.2, 0.25) is 0 Å². The average molecular weight is 356 g/mol. The highest BCUT2D eigenvalue weighted by atomic mass is 16.5. The van der Waals surface area contributed by atoms with E-state index in [-0.39, 0.29) is 6.04 Å². The lowest BCUT2D eigenvalue weighted by atomic mass is 9.93. The van der Waals surface area contributed by atoms with Crippen LogP contribution in [0, 0.1) is 6.92 Å². The number of aryl methyl sites for hydroxylation is 1. The van der Waals surface area contributed by atoms with Crippen LogP contribution in [0.4, 0.5) is 0 Å². The van der Waals surface area contributed by atoms with Crippen molar-refractivity contribution in [1.82, 2.24) is 9.88 Å². The van der Waals surface area contributed by atoms with E-state index < -0.39 is 12.0 Å². The summed E-state index contributed by atoms with van der Waals surface area (Å²) in [6, 6.07) is 6.83. The molecule has 1 fully saturated rings. The third-order valence-electron chi connectivity index (χ3n) is 5.00. The molecular weight excluding hydrogens is 332 g/mol. The molecule has 0 radical (unpaired) electrons. The van der Waals surface area contributed by atoms with Gasteiger partial charge in [-0.15, -0.1) is 0 Å². The molecule has 0 saturated carbocycles. The minimum Gasteiger partial charge on any atom is -0.497 e. The minimum atomic E-state index is -0.791. The number of likely N-dealkylation sites (tertiary alicyclic amines) is 1. The molecule has 2 unspecified atom stereocenters. The lowest BCUT2D eigenvalue weighted by Crippen LogP contribution is -2.39. The normalized spacial score (nSPS) is 18.5. The number of carbonyl (C=O) groups is 1. The summed E-state index contributed by atoms with van der Waals surface area (Å²) in [5.74, 6) is 0.632. The molecule has 2 heterocycles. The van der Waals surface area contributed by atoms with Gasteiger partial charge in [0.05, 0.1) is 20.3 Å². The van der Waals surface area contributed by atoms with Crippen molar-refractivity contribution in [2.24, 2.45) is 0 Å². The summed E-state index contributed by atoms with van der Waals surface area (Å²) >= 11 is 0. The van der Waals surface area contributed by atoms with Crippen LogP contribution in [0.3, 0.4) is 0 Å². The van der Waals surface area contributed by atoms with Crippen molar-refractivity contribution in [3.63, 3.8) is 0 Å². The number of carboxylic acids is 1. The van der Waals surface area contributed by atoms with E-state index in [0.717, 1.165) is 23.1 Å². The number of hydrogen-bond donors (Lipinski definition) is 1. The van der Waals surface area contributed by atoms with Gasteiger partial charge in [0.15, 0.2) is 0 Å². The van der Waals surface area contributed by atoms with E-state index in [1.54, 1.807) is 26.6 Å². The van der Waals surface area contributed by atoms with Gasteiger partial charge in [-0.2, -0.15) is 0 Å². The van der Waals surface area contributed by atoms with Gasteiger partial charge in [0.1, 0.15) is 17.5 Å². The Balaban J connectivity index is 2.19. The van der Waals surface area contributed by atoms with Crippen LogP contribution in [-0.2, 0) is 4.79 Å². The molecule has 0 aliphatic carbocycles. The van der Waals surface area contributed by atoms with E-state index in [1.807, 2.05) is 36.1 Å². The Hall–Kier alpha value is -2.60. The molecule has 1 N–H and O–H groups in total. The van der Waals surface area contributed by atoms with Crippen LogP contribution in [0.15, 0.2) is 36.7 Å². The average Bonchev–Trinajstić information content (AvgIpc) is 3.13. The van der Waals surface area contributed by atoms with Gasteiger partial charge in [0.25, 0.3) is 0 Å². The van der Waals surface area contributed by atoms with E-state index >= 15 is 0 Å². The van der Waals surface area contributed by atoms with Crippen molar-refractivity contribution >= 4 is 5.97 Å². The van der Waals surface area contributed by atoms with Crippen LogP contribution in [0.1, 0.15) is 35.6 Å². The smallest absolute Gasteiger partial charge is 0.320 e. The number of hydrogen-bond acceptors (Lipinski definition) is 5. The van der Waals surface area contributed by atoms with Gasteiger partial charge in [-0.1, -0.05) is 0 Å². The largest absolute Gasteiger partial charge is 0.497 e. The first-order valence-corrected chi connectivity index (χ1v) is 8.67. The molecular formula is C20H24N2O4. The summed E-state index contributed by atoms with van der Waals surface area (Å²) < 4.78 is 11.0. The Morgan fingerprint density at radius 3 is 2.73 bits per heavy atom. The van der Waals surface area contributed by atoms with Crippen LogP contribution in [0.5, 0.6) is 11.5 Å². The molecule has 1 saturated heterocycles. The molecule has 1 aromatic carbocycles. The van der Waals surface area contributed by atoms with Crippen LogP contribution in [0.25, 0.3) is 0 Å². The van der Waals surface area contributed by atoms with E-state index in [1.165, 1.54) is 0 Å². The lowest BCUT2D eigenvalue weighted by Gasteiger charge is -2.33.